The molecule has 0 spiro atoms. The van der Waals surface area contributed by atoms with Crippen molar-refractivity contribution in [1.82, 2.24) is 15.0 Å². The summed E-state index contributed by atoms with van der Waals surface area (Å²) < 4.78 is 30.8. The van der Waals surface area contributed by atoms with Gasteiger partial charge in [0.1, 0.15) is 0 Å². The van der Waals surface area contributed by atoms with E-state index in [2.05, 4.69) is 15.0 Å². The van der Waals surface area contributed by atoms with Crippen LogP contribution in [-0.2, 0) is 11.3 Å². The van der Waals surface area contributed by atoms with E-state index in [0.29, 0.717) is 12.1 Å². The molecule has 0 aliphatic carbocycles. The maximum Gasteiger partial charge on any atom is 0.340 e. The van der Waals surface area contributed by atoms with Gasteiger partial charge in [-0.15, -0.1) is 0 Å². The predicted octanol–water partition coefficient (Wildman–Crippen LogP) is 1.32. The summed E-state index contributed by atoms with van der Waals surface area (Å²) in [4.78, 5) is 22.6. The zero-order valence-corrected chi connectivity index (χ0v) is 11.1. The van der Waals surface area contributed by atoms with E-state index in [9.17, 15) is 13.6 Å². The number of carbonyl (C=O) groups is 1. The van der Waals surface area contributed by atoms with Crippen LogP contribution in [0.25, 0.3) is 0 Å². The van der Waals surface area contributed by atoms with Crippen LogP contribution in [0.5, 0.6) is 0 Å². The summed E-state index contributed by atoms with van der Waals surface area (Å²) in [7, 11) is 0. The Morgan fingerprint density at radius 1 is 1.14 bits per heavy atom. The highest BCUT2D eigenvalue weighted by Gasteiger charge is 2.17. The highest BCUT2D eigenvalue weighted by atomic mass is 35.5. The zero-order chi connectivity index (χ0) is 15.6. The highest BCUT2D eigenvalue weighted by Crippen LogP contribution is 2.21. The molecule has 7 nitrogen and oxygen atoms in total. The van der Waals surface area contributed by atoms with Crippen LogP contribution in [-0.4, -0.2) is 20.9 Å². The molecule has 0 saturated carbocycles. The summed E-state index contributed by atoms with van der Waals surface area (Å²) >= 11 is 5.64. The van der Waals surface area contributed by atoms with Gasteiger partial charge in [-0.05, 0) is 12.1 Å². The molecule has 0 aliphatic rings. The number of benzene rings is 1. The molecular weight excluding hydrogens is 308 g/mol. The first-order valence-electron chi connectivity index (χ1n) is 5.44. The Balaban J connectivity index is 2.13. The molecule has 0 saturated heterocycles. The summed E-state index contributed by atoms with van der Waals surface area (Å²) in [6, 6.07) is 1.31. The van der Waals surface area contributed by atoms with Gasteiger partial charge in [-0.2, -0.15) is 15.0 Å². The monoisotopic (exact) mass is 315 g/mol. The quantitative estimate of drug-likeness (QED) is 0.648. The molecular formula is C11H8ClF2N5O2. The SMILES string of the molecule is Nc1nc(N)nc(COC(=O)c2cc(F)c(F)cc2Cl)n1. The topological polar surface area (TPSA) is 117 Å². The molecule has 10 heteroatoms. The number of nitrogens with zero attached hydrogens (tertiary/aromatic N) is 3. The number of anilines is 2. The van der Waals surface area contributed by atoms with Crippen molar-refractivity contribution >= 4 is 29.5 Å². The molecule has 21 heavy (non-hydrogen) atoms. The van der Waals surface area contributed by atoms with E-state index in [0.717, 1.165) is 0 Å². The first kappa shape index (κ1) is 14.9. The number of rotatable bonds is 3. The maximum atomic E-state index is 13.1. The molecule has 0 atom stereocenters. The minimum absolute atomic E-state index is 0.00653. The average Bonchev–Trinajstić information content (AvgIpc) is 2.39. The molecule has 0 radical (unpaired) electrons. The van der Waals surface area contributed by atoms with Crippen molar-refractivity contribution in [2.75, 3.05) is 11.5 Å². The lowest BCUT2D eigenvalue weighted by Crippen LogP contribution is -2.11. The van der Waals surface area contributed by atoms with E-state index in [4.69, 9.17) is 27.8 Å². The van der Waals surface area contributed by atoms with E-state index >= 15 is 0 Å². The lowest BCUT2D eigenvalue weighted by molar-refractivity contribution is 0.0461. The van der Waals surface area contributed by atoms with E-state index < -0.39 is 17.6 Å². The normalized spacial score (nSPS) is 10.4. The second-order valence-electron chi connectivity index (χ2n) is 3.79. The van der Waals surface area contributed by atoms with Gasteiger partial charge < -0.3 is 16.2 Å². The third-order valence-electron chi connectivity index (χ3n) is 2.28. The van der Waals surface area contributed by atoms with Gasteiger partial charge in [0, 0.05) is 0 Å². The summed E-state index contributed by atoms with van der Waals surface area (Å²) in [6.07, 6.45) is 0. The summed E-state index contributed by atoms with van der Waals surface area (Å²) in [5.74, 6) is -3.64. The minimum atomic E-state index is -1.22. The fourth-order valence-electron chi connectivity index (χ4n) is 1.41. The van der Waals surface area contributed by atoms with Gasteiger partial charge in [0.25, 0.3) is 0 Å². The Hall–Kier alpha value is -2.55. The van der Waals surface area contributed by atoms with Crippen molar-refractivity contribution in [3.8, 4) is 0 Å². The van der Waals surface area contributed by atoms with Crippen LogP contribution in [0.4, 0.5) is 20.7 Å². The van der Waals surface area contributed by atoms with E-state index in [1.807, 2.05) is 0 Å². The van der Waals surface area contributed by atoms with Crippen molar-refractivity contribution in [2.45, 2.75) is 6.61 Å². The van der Waals surface area contributed by atoms with E-state index in [1.165, 1.54) is 0 Å². The molecule has 0 aliphatic heterocycles. The molecule has 0 fully saturated rings. The first-order chi connectivity index (χ1) is 9.86. The van der Waals surface area contributed by atoms with Gasteiger partial charge in [-0.1, -0.05) is 11.6 Å². The second kappa shape index (κ2) is 5.83. The number of aromatic nitrogens is 3. The molecule has 2 rings (SSSR count). The number of carbonyl (C=O) groups excluding carboxylic acids is 1. The number of halogens is 3. The Morgan fingerprint density at radius 3 is 2.33 bits per heavy atom. The lowest BCUT2D eigenvalue weighted by atomic mass is 10.2. The Morgan fingerprint density at radius 2 is 1.71 bits per heavy atom. The summed E-state index contributed by atoms with van der Waals surface area (Å²) in [5.41, 5.74) is 10.4. The van der Waals surface area contributed by atoms with Crippen LogP contribution in [0.3, 0.4) is 0 Å². The molecule has 2 aromatic rings. The van der Waals surface area contributed by atoms with Crippen LogP contribution >= 0.6 is 11.6 Å². The van der Waals surface area contributed by atoms with E-state index in [-0.39, 0.29) is 34.9 Å². The van der Waals surface area contributed by atoms with Crippen LogP contribution in [0.1, 0.15) is 16.2 Å². The fraction of sp³-hybridized carbons (Fsp3) is 0.0909. The molecule has 4 N–H and O–H groups in total. The number of hydrogen-bond acceptors (Lipinski definition) is 7. The highest BCUT2D eigenvalue weighted by molar-refractivity contribution is 6.33. The van der Waals surface area contributed by atoms with E-state index in [1.54, 1.807) is 0 Å². The van der Waals surface area contributed by atoms with Crippen LogP contribution < -0.4 is 11.5 Å². The number of nitrogen functional groups attached to an aromatic ring is 2. The number of hydrogen-bond donors (Lipinski definition) is 2. The van der Waals surface area contributed by atoms with Crippen molar-refractivity contribution in [2.24, 2.45) is 0 Å². The Kier molecular flexibility index (Phi) is 4.13. The number of ether oxygens (including phenoxy) is 1. The van der Waals surface area contributed by atoms with Gasteiger partial charge in [-0.25, -0.2) is 13.6 Å². The Bertz CT molecular complexity index is 693. The Labute approximate surface area is 121 Å². The first-order valence-corrected chi connectivity index (χ1v) is 5.82. The van der Waals surface area contributed by atoms with Crippen molar-refractivity contribution in [3.63, 3.8) is 0 Å². The largest absolute Gasteiger partial charge is 0.454 e. The molecule has 1 aromatic heterocycles. The van der Waals surface area contributed by atoms with Crippen LogP contribution in [0.15, 0.2) is 12.1 Å². The molecule has 0 amide bonds. The fourth-order valence-corrected chi connectivity index (χ4v) is 1.64. The standard InChI is InChI=1S/C11H8ClF2N5O2/c12-5-2-7(14)6(13)1-4(5)9(20)21-3-8-17-10(15)19-11(16)18-8/h1-2H,3H2,(H4,15,16,17,18,19). The summed E-state index contributed by atoms with van der Waals surface area (Å²) in [6.45, 7) is -0.384. The smallest absolute Gasteiger partial charge is 0.340 e. The molecule has 110 valence electrons. The number of esters is 1. The van der Waals surface area contributed by atoms with Crippen LogP contribution in [0.2, 0.25) is 5.02 Å². The maximum absolute atomic E-state index is 13.1. The van der Waals surface area contributed by atoms with Gasteiger partial charge in [-0.3, -0.25) is 0 Å². The minimum Gasteiger partial charge on any atom is -0.454 e. The zero-order valence-electron chi connectivity index (χ0n) is 10.3. The average molecular weight is 316 g/mol. The molecule has 0 unspecified atom stereocenters. The van der Waals surface area contributed by atoms with Crippen molar-refractivity contribution in [3.05, 3.63) is 40.2 Å². The summed E-state index contributed by atoms with van der Waals surface area (Å²) in [5, 5.41) is -0.284. The molecule has 0 bridgehead atoms. The van der Waals surface area contributed by atoms with Gasteiger partial charge in [0.15, 0.2) is 24.1 Å². The third kappa shape index (κ3) is 3.51. The predicted molar refractivity (Wildman–Crippen MR) is 69.1 cm³/mol. The van der Waals surface area contributed by atoms with Gasteiger partial charge in [0.2, 0.25) is 11.9 Å². The molecule has 1 aromatic carbocycles. The van der Waals surface area contributed by atoms with Gasteiger partial charge >= 0.3 is 5.97 Å². The number of nitrogens with two attached hydrogens (primary N) is 2. The van der Waals surface area contributed by atoms with Crippen LogP contribution in [0, 0.1) is 11.6 Å². The lowest BCUT2D eigenvalue weighted by Gasteiger charge is -2.06. The van der Waals surface area contributed by atoms with Crippen molar-refractivity contribution in [1.29, 1.82) is 0 Å². The van der Waals surface area contributed by atoms with Gasteiger partial charge in [0.05, 0.1) is 10.6 Å². The molecule has 1 heterocycles. The van der Waals surface area contributed by atoms with Crippen molar-refractivity contribution < 1.29 is 18.3 Å². The second-order valence-corrected chi connectivity index (χ2v) is 4.20. The third-order valence-corrected chi connectivity index (χ3v) is 2.59.